The van der Waals surface area contributed by atoms with Crippen LogP contribution < -0.4 is 5.32 Å². The van der Waals surface area contributed by atoms with Crippen LogP contribution in [0.15, 0.2) is 29.9 Å². The number of carbonyl (C=O) groups excluding carboxylic acids is 1. The van der Waals surface area contributed by atoms with Gasteiger partial charge in [0.25, 0.3) is 0 Å². The normalized spacial score (nSPS) is 18.8. The van der Waals surface area contributed by atoms with Gasteiger partial charge in [-0.3, -0.25) is 4.68 Å². The van der Waals surface area contributed by atoms with Crippen LogP contribution in [0.3, 0.4) is 0 Å². The second-order valence-corrected chi connectivity index (χ2v) is 6.75. The Kier molecular flexibility index (Phi) is 4.47. The Labute approximate surface area is 134 Å². The first-order chi connectivity index (χ1) is 10.7. The molecule has 0 saturated heterocycles. The van der Waals surface area contributed by atoms with Gasteiger partial charge in [-0.15, -0.1) is 11.3 Å². The van der Waals surface area contributed by atoms with E-state index in [1.54, 1.807) is 17.5 Å². The summed E-state index contributed by atoms with van der Waals surface area (Å²) in [7, 11) is 0. The summed E-state index contributed by atoms with van der Waals surface area (Å²) in [6, 6.07) is 4.34. The highest BCUT2D eigenvalue weighted by Gasteiger charge is 2.30. The first-order valence-corrected chi connectivity index (χ1v) is 8.67. The highest BCUT2D eigenvalue weighted by molar-refractivity contribution is 7.10. The van der Waals surface area contributed by atoms with Gasteiger partial charge in [0.2, 0.25) is 0 Å². The SMILES string of the molecule is CC[C@@H]1c2ccsc2CCN1C(=O)N[C@@H](C)Cn1cccn1. The first-order valence-electron chi connectivity index (χ1n) is 7.80. The Bertz CT molecular complexity index is 622. The number of nitrogens with zero attached hydrogens (tertiary/aromatic N) is 3. The van der Waals surface area contributed by atoms with Crippen LogP contribution in [-0.4, -0.2) is 33.3 Å². The van der Waals surface area contributed by atoms with E-state index in [4.69, 9.17) is 0 Å². The smallest absolute Gasteiger partial charge is 0.318 e. The zero-order chi connectivity index (χ0) is 15.5. The summed E-state index contributed by atoms with van der Waals surface area (Å²) in [6.45, 7) is 5.64. The third kappa shape index (κ3) is 3.02. The number of urea groups is 1. The van der Waals surface area contributed by atoms with E-state index in [1.807, 2.05) is 28.8 Å². The molecule has 6 heteroatoms. The van der Waals surface area contributed by atoms with Crippen molar-refractivity contribution in [2.45, 2.75) is 45.3 Å². The van der Waals surface area contributed by atoms with Gasteiger partial charge in [-0.05, 0) is 42.8 Å². The fourth-order valence-electron chi connectivity index (χ4n) is 3.11. The molecule has 0 saturated carbocycles. The van der Waals surface area contributed by atoms with Crippen LogP contribution in [-0.2, 0) is 13.0 Å². The molecule has 118 valence electrons. The molecule has 22 heavy (non-hydrogen) atoms. The molecule has 0 radical (unpaired) electrons. The van der Waals surface area contributed by atoms with Crippen LogP contribution in [0, 0.1) is 0 Å². The predicted molar refractivity (Wildman–Crippen MR) is 88.0 cm³/mol. The number of fused-ring (bicyclic) bond motifs is 1. The van der Waals surface area contributed by atoms with E-state index in [2.05, 4.69) is 28.8 Å². The van der Waals surface area contributed by atoms with Crippen LogP contribution in [0.5, 0.6) is 0 Å². The summed E-state index contributed by atoms with van der Waals surface area (Å²) < 4.78 is 1.84. The molecule has 1 aliphatic heterocycles. The highest BCUT2D eigenvalue weighted by atomic mass is 32.1. The van der Waals surface area contributed by atoms with Gasteiger partial charge in [-0.1, -0.05) is 6.92 Å². The molecule has 1 aliphatic rings. The van der Waals surface area contributed by atoms with Gasteiger partial charge in [-0.2, -0.15) is 5.10 Å². The second-order valence-electron chi connectivity index (χ2n) is 5.75. The van der Waals surface area contributed by atoms with E-state index in [9.17, 15) is 4.79 Å². The van der Waals surface area contributed by atoms with Gasteiger partial charge in [0.1, 0.15) is 0 Å². The maximum Gasteiger partial charge on any atom is 0.318 e. The van der Waals surface area contributed by atoms with Gasteiger partial charge in [0, 0.05) is 29.9 Å². The Hall–Kier alpha value is -1.82. The fraction of sp³-hybridized carbons (Fsp3) is 0.500. The minimum Gasteiger partial charge on any atom is -0.334 e. The minimum absolute atomic E-state index is 0.0309. The maximum atomic E-state index is 12.6. The van der Waals surface area contributed by atoms with Crippen molar-refractivity contribution >= 4 is 17.4 Å². The summed E-state index contributed by atoms with van der Waals surface area (Å²) in [5, 5.41) is 9.42. The number of aromatic nitrogens is 2. The molecule has 0 bridgehead atoms. The van der Waals surface area contributed by atoms with Gasteiger partial charge < -0.3 is 10.2 Å². The Morgan fingerprint density at radius 3 is 3.18 bits per heavy atom. The number of thiophene rings is 1. The molecule has 2 amide bonds. The Morgan fingerprint density at radius 2 is 2.45 bits per heavy atom. The van der Waals surface area contributed by atoms with E-state index < -0.39 is 0 Å². The lowest BCUT2D eigenvalue weighted by atomic mass is 9.98. The monoisotopic (exact) mass is 318 g/mol. The third-order valence-electron chi connectivity index (χ3n) is 4.13. The number of carbonyl (C=O) groups is 1. The molecule has 2 aromatic heterocycles. The standard InChI is InChI=1S/C16H22N4OS/c1-3-14-13-6-10-22-15(13)5-9-20(14)16(21)18-12(2)11-19-8-4-7-17-19/h4,6-8,10,12,14H,3,5,9,11H2,1-2H3,(H,18,21)/t12-,14+/m0/s1. The summed E-state index contributed by atoms with van der Waals surface area (Å²) >= 11 is 1.80. The lowest BCUT2D eigenvalue weighted by molar-refractivity contribution is 0.163. The second kappa shape index (κ2) is 6.52. The highest BCUT2D eigenvalue weighted by Crippen LogP contribution is 2.35. The van der Waals surface area contributed by atoms with Crippen molar-refractivity contribution in [3.8, 4) is 0 Å². The molecule has 2 aromatic rings. The van der Waals surface area contributed by atoms with Crippen LogP contribution >= 0.6 is 11.3 Å². The third-order valence-corrected chi connectivity index (χ3v) is 5.13. The average Bonchev–Trinajstić information content (AvgIpc) is 3.16. The predicted octanol–water partition coefficient (Wildman–Crippen LogP) is 3.05. The average molecular weight is 318 g/mol. The molecule has 2 atom stereocenters. The van der Waals surface area contributed by atoms with Gasteiger partial charge in [0.05, 0.1) is 12.6 Å². The van der Waals surface area contributed by atoms with Crippen molar-refractivity contribution in [2.75, 3.05) is 6.54 Å². The number of hydrogen-bond acceptors (Lipinski definition) is 3. The molecule has 0 fully saturated rings. The molecular weight excluding hydrogens is 296 g/mol. The fourth-order valence-corrected chi connectivity index (χ4v) is 4.04. The zero-order valence-corrected chi connectivity index (χ0v) is 13.8. The van der Waals surface area contributed by atoms with Crippen LogP contribution in [0.1, 0.15) is 36.8 Å². The number of amides is 2. The lowest BCUT2D eigenvalue weighted by Gasteiger charge is -2.36. The molecule has 0 aromatic carbocycles. The van der Waals surface area contributed by atoms with Crippen LogP contribution in [0.25, 0.3) is 0 Å². The summed E-state index contributed by atoms with van der Waals surface area (Å²) in [5.74, 6) is 0. The van der Waals surface area contributed by atoms with E-state index in [0.29, 0.717) is 6.54 Å². The molecule has 5 nitrogen and oxygen atoms in total. The summed E-state index contributed by atoms with van der Waals surface area (Å²) in [5.41, 5.74) is 1.33. The molecule has 0 unspecified atom stereocenters. The molecule has 0 aliphatic carbocycles. The van der Waals surface area contributed by atoms with Crippen molar-refractivity contribution in [3.63, 3.8) is 0 Å². The molecule has 3 rings (SSSR count). The van der Waals surface area contributed by atoms with Crippen molar-refractivity contribution < 1.29 is 4.79 Å². The number of nitrogens with one attached hydrogen (secondary N) is 1. The summed E-state index contributed by atoms with van der Waals surface area (Å²) in [6.07, 6.45) is 5.58. The minimum atomic E-state index is 0.0309. The first kappa shape index (κ1) is 15.1. The van der Waals surface area contributed by atoms with Crippen LogP contribution in [0.4, 0.5) is 4.79 Å². The zero-order valence-electron chi connectivity index (χ0n) is 13.0. The van der Waals surface area contributed by atoms with E-state index in [0.717, 1.165) is 19.4 Å². The van der Waals surface area contributed by atoms with Crippen molar-refractivity contribution in [1.82, 2.24) is 20.0 Å². The number of hydrogen-bond donors (Lipinski definition) is 1. The van der Waals surface area contributed by atoms with Crippen LogP contribution in [0.2, 0.25) is 0 Å². The van der Waals surface area contributed by atoms with E-state index in [1.165, 1.54) is 10.4 Å². The van der Waals surface area contributed by atoms with Crippen molar-refractivity contribution in [3.05, 3.63) is 40.3 Å². The Balaban J connectivity index is 1.64. The number of rotatable bonds is 4. The quantitative estimate of drug-likeness (QED) is 0.942. The van der Waals surface area contributed by atoms with Crippen molar-refractivity contribution in [1.29, 1.82) is 0 Å². The largest absolute Gasteiger partial charge is 0.334 e. The van der Waals surface area contributed by atoms with Crippen molar-refractivity contribution in [2.24, 2.45) is 0 Å². The molecule has 0 spiro atoms. The van der Waals surface area contributed by atoms with Gasteiger partial charge >= 0.3 is 6.03 Å². The van der Waals surface area contributed by atoms with Gasteiger partial charge in [0.15, 0.2) is 0 Å². The molecule has 3 heterocycles. The summed E-state index contributed by atoms with van der Waals surface area (Å²) in [4.78, 5) is 16.0. The molecular formula is C16H22N4OS. The topological polar surface area (TPSA) is 50.2 Å². The lowest BCUT2D eigenvalue weighted by Crippen LogP contribution is -2.48. The van der Waals surface area contributed by atoms with E-state index >= 15 is 0 Å². The van der Waals surface area contributed by atoms with E-state index in [-0.39, 0.29) is 18.1 Å². The molecule has 1 N–H and O–H groups in total. The maximum absolute atomic E-state index is 12.6. The Morgan fingerprint density at radius 1 is 1.59 bits per heavy atom. The van der Waals surface area contributed by atoms with Gasteiger partial charge in [-0.25, -0.2) is 4.79 Å².